The van der Waals surface area contributed by atoms with Gasteiger partial charge in [-0.3, -0.25) is 4.79 Å². The van der Waals surface area contributed by atoms with Crippen molar-refractivity contribution in [1.29, 1.82) is 0 Å². The Morgan fingerprint density at radius 2 is 2.00 bits per heavy atom. The number of amides is 1. The SMILES string of the molecule is CC(=O)N[C@H](C)c1cccc(C(F)F)n1. The van der Waals surface area contributed by atoms with Gasteiger partial charge in [0.2, 0.25) is 5.91 Å². The smallest absolute Gasteiger partial charge is 0.280 e. The zero-order chi connectivity index (χ0) is 11.4. The number of carbonyl (C=O) groups excluding carboxylic acids is 1. The van der Waals surface area contributed by atoms with Crippen LogP contribution in [-0.4, -0.2) is 10.9 Å². The first-order chi connectivity index (χ1) is 7.00. The summed E-state index contributed by atoms with van der Waals surface area (Å²) in [5.74, 6) is -0.216. The summed E-state index contributed by atoms with van der Waals surface area (Å²) in [5, 5.41) is 2.58. The lowest BCUT2D eigenvalue weighted by molar-refractivity contribution is -0.119. The molecule has 1 N–H and O–H groups in total. The molecule has 5 heteroatoms. The fraction of sp³-hybridized carbons (Fsp3) is 0.400. The molecule has 1 amide bonds. The lowest BCUT2D eigenvalue weighted by atomic mass is 10.2. The lowest BCUT2D eigenvalue weighted by Crippen LogP contribution is -2.24. The van der Waals surface area contributed by atoms with E-state index in [0.717, 1.165) is 0 Å². The van der Waals surface area contributed by atoms with E-state index in [1.54, 1.807) is 13.0 Å². The van der Waals surface area contributed by atoms with Crippen LogP contribution < -0.4 is 5.32 Å². The van der Waals surface area contributed by atoms with E-state index in [1.807, 2.05) is 0 Å². The summed E-state index contributed by atoms with van der Waals surface area (Å²) >= 11 is 0. The minimum Gasteiger partial charge on any atom is -0.348 e. The molecule has 0 saturated heterocycles. The van der Waals surface area contributed by atoms with Crippen molar-refractivity contribution in [3.05, 3.63) is 29.6 Å². The zero-order valence-corrected chi connectivity index (χ0v) is 8.50. The van der Waals surface area contributed by atoms with Crippen LogP contribution >= 0.6 is 0 Å². The Bertz CT molecular complexity index is 355. The van der Waals surface area contributed by atoms with Gasteiger partial charge in [0.15, 0.2) is 0 Å². The molecule has 0 spiro atoms. The monoisotopic (exact) mass is 214 g/mol. The van der Waals surface area contributed by atoms with Crippen LogP contribution in [0, 0.1) is 0 Å². The van der Waals surface area contributed by atoms with Gasteiger partial charge in [-0.2, -0.15) is 0 Å². The summed E-state index contributed by atoms with van der Waals surface area (Å²) in [6.07, 6.45) is -2.59. The first kappa shape index (κ1) is 11.6. The van der Waals surface area contributed by atoms with Crippen LogP contribution in [0.1, 0.15) is 37.7 Å². The number of rotatable bonds is 3. The van der Waals surface area contributed by atoms with Crippen LogP contribution in [0.25, 0.3) is 0 Å². The van der Waals surface area contributed by atoms with Gasteiger partial charge in [-0.25, -0.2) is 13.8 Å². The van der Waals surface area contributed by atoms with Crippen LogP contribution in [0.4, 0.5) is 8.78 Å². The molecule has 0 aliphatic carbocycles. The van der Waals surface area contributed by atoms with E-state index in [-0.39, 0.29) is 17.6 Å². The standard InChI is InChI=1S/C10H12F2N2O/c1-6(13-7(2)15)8-4-3-5-9(14-8)10(11)12/h3-6,10H,1-2H3,(H,13,15)/t6-/m1/s1. The van der Waals surface area contributed by atoms with Gasteiger partial charge in [0.25, 0.3) is 6.43 Å². The molecule has 0 fully saturated rings. The summed E-state index contributed by atoms with van der Waals surface area (Å²) < 4.78 is 24.6. The fourth-order valence-corrected chi connectivity index (χ4v) is 1.21. The molecule has 82 valence electrons. The van der Waals surface area contributed by atoms with Crippen LogP contribution in [-0.2, 0) is 4.79 Å². The van der Waals surface area contributed by atoms with E-state index in [9.17, 15) is 13.6 Å². The van der Waals surface area contributed by atoms with Gasteiger partial charge in [-0.15, -0.1) is 0 Å². The first-order valence-corrected chi connectivity index (χ1v) is 4.53. The number of nitrogens with one attached hydrogen (secondary N) is 1. The molecule has 3 nitrogen and oxygen atoms in total. The average molecular weight is 214 g/mol. The summed E-state index contributed by atoms with van der Waals surface area (Å²) in [6, 6.07) is 4.00. The van der Waals surface area contributed by atoms with Crippen molar-refractivity contribution in [3.8, 4) is 0 Å². The van der Waals surface area contributed by atoms with E-state index >= 15 is 0 Å². The second kappa shape index (κ2) is 4.82. The highest BCUT2D eigenvalue weighted by Gasteiger charge is 2.12. The largest absolute Gasteiger partial charge is 0.348 e. The Labute approximate surface area is 86.5 Å². The van der Waals surface area contributed by atoms with E-state index < -0.39 is 6.43 Å². The Morgan fingerprint density at radius 3 is 2.53 bits per heavy atom. The second-order valence-electron chi connectivity index (χ2n) is 3.21. The number of hydrogen-bond acceptors (Lipinski definition) is 2. The number of aromatic nitrogens is 1. The minimum absolute atomic E-state index is 0.216. The van der Waals surface area contributed by atoms with Crippen molar-refractivity contribution in [2.75, 3.05) is 0 Å². The normalized spacial score (nSPS) is 12.6. The summed E-state index contributed by atoms with van der Waals surface area (Å²) in [7, 11) is 0. The highest BCUT2D eigenvalue weighted by Crippen LogP contribution is 2.18. The molecule has 0 aliphatic heterocycles. The van der Waals surface area contributed by atoms with Crippen molar-refractivity contribution in [3.63, 3.8) is 0 Å². The van der Waals surface area contributed by atoms with Gasteiger partial charge in [0.1, 0.15) is 5.69 Å². The van der Waals surface area contributed by atoms with Crippen molar-refractivity contribution in [1.82, 2.24) is 10.3 Å². The van der Waals surface area contributed by atoms with Gasteiger partial charge >= 0.3 is 0 Å². The number of pyridine rings is 1. The fourth-order valence-electron chi connectivity index (χ4n) is 1.21. The molecule has 0 radical (unpaired) electrons. The Morgan fingerprint density at radius 1 is 1.40 bits per heavy atom. The van der Waals surface area contributed by atoms with Gasteiger partial charge in [-0.05, 0) is 19.1 Å². The van der Waals surface area contributed by atoms with E-state index in [2.05, 4.69) is 10.3 Å². The minimum atomic E-state index is -2.59. The van der Waals surface area contributed by atoms with Crippen molar-refractivity contribution >= 4 is 5.91 Å². The predicted molar refractivity (Wildman–Crippen MR) is 51.4 cm³/mol. The van der Waals surface area contributed by atoms with Gasteiger partial charge in [0, 0.05) is 6.92 Å². The highest BCUT2D eigenvalue weighted by atomic mass is 19.3. The summed E-state index contributed by atoms with van der Waals surface area (Å²) in [6.45, 7) is 3.06. The molecule has 0 saturated carbocycles. The molecule has 1 aromatic heterocycles. The predicted octanol–water partition coefficient (Wildman–Crippen LogP) is 2.22. The highest BCUT2D eigenvalue weighted by molar-refractivity contribution is 5.73. The number of nitrogens with zero attached hydrogens (tertiary/aromatic N) is 1. The van der Waals surface area contributed by atoms with Crippen molar-refractivity contribution in [2.45, 2.75) is 26.3 Å². The van der Waals surface area contributed by atoms with Gasteiger partial charge in [-0.1, -0.05) is 6.07 Å². The van der Waals surface area contributed by atoms with E-state index in [1.165, 1.54) is 19.1 Å². The molecule has 1 heterocycles. The van der Waals surface area contributed by atoms with Crippen LogP contribution in [0.15, 0.2) is 18.2 Å². The Kier molecular flexibility index (Phi) is 3.71. The first-order valence-electron chi connectivity index (χ1n) is 4.53. The Hall–Kier alpha value is -1.52. The molecule has 0 bridgehead atoms. The molecule has 0 unspecified atom stereocenters. The van der Waals surface area contributed by atoms with Gasteiger partial charge < -0.3 is 5.32 Å². The third-order valence-electron chi connectivity index (χ3n) is 1.88. The molecule has 1 atom stereocenters. The van der Waals surface area contributed by atoms with Crippen LogP contribution in [0.3, 0.4) is 0 Å². The second-order valence-corrected chi connectivity index (χ2v) is 3.21. The van der Waals surface area contributed by atoms with Crippen LogP contribution in [0.5, 0.6) is 0 Å². The zero-order valence-electron chi connectivity index (χ0n) is 8.50. The Balaban J connectivity index is 2.85. The van der Waals surface area contributed by atoms with E-state index in [4.69, 9.17) is 0 Å². The molecular formula is C10H12F2N2O. The van der Waals surface area contributed by atoms with Gasteiger partial charge in [0.05, 0.1) is 11.7 Å². The third kappa shape index (κ3) is 3.27. The van der Waals surface area contributed by atoms with Crippen LogP contribution in [0.2, 0.25) is 0 Å². The summed E-state index contributed by atoms with van der Waals surface area (Å²) in [5.41, 5.74) is 0.160. The molecular weight excluding hydrogens is 202 g/mol. The maximum absolute atomic E-state index is 12.3. The summed E-state index contributed by atoms with van der Waals surface area (Å²) in [4.78, 5) is 14.5. The third-order valence-corrected chi connectivity index (χ3v) is 1.88. The quantitative estimate of drug-likeness (QED) is 0.838. The topological polar surface area (TPSA) is 42.0 Å². The lowest BCUT2D eigenvalue weighted by Gasteiger charge is -2.12. The number of alkyl halides is 2. The average Bonchev–Trinajstić information content (AvgIpc) is 2.17. The molecule has 1 aromatic rings. The number of halogens is 2. The van der Waals surface area contributed by atoms with E-state index in [0.29, 0.717) is 5.69 Å². The molecule has 0 aliphatic rings. The maximum Gasteiger partial charge on any atom is 0.280 e. The number of carbonyl (C=O) groups is 1. The molecule has 1 rings (SSSR count). The van der Waals surface area contributed by atoms with Crippen molar-refractivity contribution < 1.29 is 13.6 Å². The number of hydrogen-bond donors (Lipinski definition) is 1. The maximum atomic E-state index is 12.3. The molecule has 15 heavy (non-hydrogen) atoms. The molecule has 0 aromatic carbocycles. The van der Waals surface area contributed by atoms with Crippen molar-refractivity contribution in [2.24, 2.45) is 0 Å².